The molecule has 1 N–H and O–H groups in total. The fraction of sp³-hybridized carbons (Fsp3) is 0.476. The van der Waals surface area contributed by atoms with Crippen LogP contribution >= 0.6 is 11.9 Å². The molecular formula is C21H27N3O5S2. The minimum absolute atomic E-state index is 0.0863. The highest BCUT2D eigenvalue weighted by atomic mass is 32.2. The van der Waals surface area contributed by atoms with E-state index in [0.29, 0.717) is 12.0 Å². The molecule has 0 aliphatic carbocycles. The van der Waals surface area contributed by atoms with Crippen LogP contribution in [0.3, 0.4) is 0 Å². The van der Waals surface area contributed by atoms with Gasteiger partial charge < -0.3 is 9.84 Å². The molecule has 2 heterocycles. The van der Waals surface area contributed by atoms with Crippen LogP contribution in [-0.2, 0) is 20.4 Å². The van der Waals surface area contributed by atoms with Gasteiger partial charge in [-0.15, -0.1) is 0 Å². The molecule has 168 valence electrons. The second kappa shape index (κ2) is 10.4. The number of hydrogen-bond donors (Lipinski definition) is 1. The lowest BCUT2D eigenvalue weighted by atomic mass is 10.0. The Labute approximate surface area is 186 Å². The van der Waals surface area contributed by atoms with Crippen LogP contribution in [0, 0.1) is 0 Å². The maximum Gasteiger partial charge on any atom is 0.251 e. The number of carbonyl (C=O) groups is 2. The van der Waals surface area contributed by atoms with Crippen molar-refractivity contribution < 1.29 is 22.5 Å². The molecule has 0 fully saturated rings. The molecule has 1 aromatic heterocycles. The number of benzene rings is 1. The molecule has 1 aromatic carbocycles. The van der Waals surface area contributed by atoms with Crippen molar-refractivity contribution in [1.29, 1.82) is 0 Å². The number of amides is 1. The van der Waals surface area contributed by atoms with Gasteiger partial charge in [-0.1, -0.05) is 56.0 Å². The molecule has 0 spiro atoms. The van der Waals surface area contributed by atoms with Gasteiger partial charge in [-0.2, -0.15) is 0 Å². The molecule has 2 aromatic rings. The number of likely N-dealkylation sites (N-methyl/N-ethyl adjacent to an activating group) is 1. The second-order valence-corrected chi connectivity index (χ2v) is 11.0. The molecule has 31 heavy (non-hydrogen) atoms. The number of rotatable bonds is 10. The molecule has 0 saturated carbocycles. The van der Waals surface area contributed by atoms with Crippen molar-refractivity contribution >= 4 is 39.3 Å². The normalized spacial score (nSPS) is 16.8. The number of unbranched alkanes of at least 4 members (excludes halogenated alkanes) is 4. The van der Waals surface area contributed by atoms with Crippen molar-refractivity contribution in [2.24, 2.45) is 0 Å². The van der Waals surface area contributed by atoms with Gasteiger partial charge in [0.1, 0.15) is 5.75 Å². The lowest BCUT2D eigenvalue weighted by molar-refractivity contribution is -0.118. The summed E-state index contributed by atoms with van der Waals surface area (Å²) in [5.41, 5.74) is 0.497. The quantitative estimate of drug-likeness (QED) is 0.321. The van der Waals surface area contributed by atoms with Crippen molar-refractivity contribution in [3.8, 4) is 0 Å². The standard InChI is InChI=1S/C21H27N3O5S2/c1-3-4-5-6-9-12-31(27,28)14-15-13-18(23-29-15)22-21(26)19-20(25)16-10-7-8-11-17(16)30-24(19)2/h7-8,10-11,13,19H,3-6,9,12,14H2,1-2H3,(H,22,23,26). The van der Waals surface area contributed by atoms with Crippen LogP contribution < -0.4 is 5.32 Å². The van der Waals surface area contributed by atoms with Gasteiger partial charge in [0.05, 0.1) is 5.75 Å². The molecule has 0 saturated heterocycles. The maximum atomic E-state index is 12.8. The summed E-state index contributed by atoms with van der Waals surface area (Å²) >= 11 is 1.32. The monoisotopic (exact) mass is 465 g/mol. The van der Waals surface area contributed by atoms with E-state index >= 15 is 0 Å². The van der Waals surface area contributed by atoms with Crippen molar-refractivity contribution in [2.45, 2.75) is 55.7 Å². The van der Waals surface area contributed by atoms with Crippen LogP contribution in [0.1, 0.15) is 55.1 Å². The van der Waals surface area contributed by atoms with Crippen molar-refractivity contribution in [1.82, 2.24) is 9.46 Å². The summed E-state index contributed by atoms with van der Waals surface area (Å²) < 4.78 is 31.3. The van der Waals surface area contributed by atoms with Gasteiger partial charge >= 0.3 is 0 Å². The van der Waals surface area contributed by atoms with Crippen LogP contribution in [-0.4, -0.2) is 48.4 Å². The number of ketones is 1. The van der Waals surface area contributed by atoms with E-state index in [2.05, 4.69) is 17.4 Å². The Bertz CT molecular complexity index is 1040. The average Bonchev–Trinajstić information content (AvgIpc) is 3.13. The molecule has 10 heteroatoms. The first-order valence-electron chi connectivity index (χ1n) is 10.3. The molecule has 1 aliphatic heterocycles. The smallest absolute Gasteiger partial charge is 0.251 e. The van der Waals surface area contributed by atoms with Crippen LogP contribution in [0.2, 0.25) is 0 Å². The van der Waals surface area contributed by atoms with Crippen LogP contribution in [0.25, 0.3) is 0 Å². The van der Waals surface area contributed by atoms with Gasteiger partial charge in [0, 0.05) is 16.5 Å². The third-order valence-corrected chi connectivity index (χ3v) is 7.67. The highest BCUT2D eigenvalue weighted by molar-refractivity contribution is 7.97. The predicted octanol–water partition coefficient (Wildman–Crippen LogP) is 3.70. The lowest BCUT2D eigenvalue weighted by Crippen LogP contribution is -2.46. The van der Waals surface area contributed by atoms with Crippen molar-refractivity contribution in [2.75, 3.05) is 18.1 Å². The Hall–Kier alpha value is -2.17. The predicted molar refractivity (Wildman–Crippen MR) is 120 cm³/mol. The molecule has 1 unspecified atom stereocenters. The van der Waals surface area contributed by atoms with Crippen LogP contribution in [0.4, 0.5) is 5.82 Å². The summed E-state index contributed by atoms with van der Waals surface area (Å²) in [6.07, 6.45) is 4.74. The van der Waals surface area contributed by atoms with Gasteiger partial charge in [0.2, 0.25) is 0 Å². The summed E-state index contributed by atoms with van der Waals surface area (Å²) in [6, 6.07) is 7.48. The lowest BCUT2D eigenvalue weighted by Gasteiger charge is -2.30. The zero-order valence-corrected chi connectivity index (χ0v) is 19.3. The highest BCUT2D eigenvalue weighted by Gasteiger charge is 2.38. The minimum atomic E-state index is -3.32. The third kappa shape index (κ3) is 6.18. The summed E-state index contributed by atoms with van der Waals surface area (Å²) in [4.78, 5) is 26.3. The number of Topliss-reactive ketones (excluding diaryl/α,β-unsaturated/α-hetero) is 1. The molecule has 1 atom stereocenters. The molecule has 3 rings (SSSR count). The summed E-state index contributed by atoms with van der Waals surface area (Å²) in [6.45, 7) is 2.11. The molecule has 0 bridgehead atoms. The molecule has 8 nitrogen and oxygen atoms in total. The van der Waals surface area contributed by atoms with E-state index in [1.165, 1.54) is 18.0 Å². The van der Waals surface area contributed by atoms with E-state index < -0.39 is 21.8 Å². The summed E-state index contributed by atoms with van der Waals surface area (Å²) in [7, 11) is -1.65. The largest absolute Gasteiger partial charge is 0.358 e. The topological polar surface area (TPSA) is 110 Å². The summed E-state index contributed by atoms with van der Waals surface area (Å²) in [5.74, 6) is -0.779. The molecule has 1 aliphatic rings. The third-order valence-electron chi connectivity index (χ3n) is 4.99. The Morgan fingerprint density at radius 2 is 1.97 bits per heavy atom. The number of fused-ring (bicyclic) bond motifs is 1. The first-order chi connectivity index (χ1) is 14.8. The summed E-state index contributed by atoms with van der Waals surface area (Å²) in [5, 5.41) is 6.30. The maximum absolute atomic E-state index is 12.8. The van der Waals surface area contributed by atoms with Gasteiger partial charge in [-0.05, 0) is 31.5 Å². The molecular weight excluding hydrogens is 438 g/mol. The van der Waals surface area contributed by atoms with Gasteiger partial charge in [-0.3, -0.25) is 9.59 Å². The van der Waals surface area contributed by atoms with Crippen molar-refractivity contribution in [3.05, 3.63) is 41.7 Å². The van der Waals surface area contributed by atoms with Gasteiger partial charge in [0.15, 0.2) is 33.2 Å². The number of nitrogens with one attached hydrogen (secondary N) is 1. The van der Waals surface area contributed by atoms with Crippen LogP contribution in [0.5, 0.6) is 0 Å². The van der Waals surface area contributed by atoms with E-state index in [0.717, 1.165) is 30.6 Å². The van der Waals surface area contributed by atoms with E-state index in [1.807, 2.05) is 12.1 Å². The Kier molecular flexibility index (Phi) is 7.90. The van der Waals surface area contributed by atoms with E-state index in [4.69, 9.17) is 4.52 Å². The number of aromatic nitrogens is 1. The first kappa shape index (κ1) is 23.5. The Morgan fingerprint density at radius 3 is 2.74 bits per heavy atom. The molecule has 0 radical (unpaired) electrons. The number of sulfone groups is 1. The van der Waals surface area contributed by atoms with Gasteiger partial charge in [0.25, 0.3) is 5.91 Å². The SMILES string of the molecule is CCCCCCCS(=O)(=O)Cc1cc(NC(=O)C2C(=O)c3ccccc3SN2C)no1. The van der Waals surface area contributed by atoms with E-state index in [9.17, 15) is 18.0 Å². The zero-order chi connectivity index (χ0) is 22.4. The number of hydrogen-bond acceptors (Lipinski definition) is 8. The van der Waals surface area contributed by atoms with Crippen molar-refractivity contribution in [3.63, 3.8) is 0 Å². The number of nitrogens with zero attached hydrogens (tertiary/aromatic N) is 2. The Balaban J connectivity index is 1.58. The average molecular weight is 466 g/mol. The zero-order valence-electron chi connectivity index (χ0n) is 17.7. The highest BCUT2D eigenvalue weighted by Crippen LogP contribution is 2.34. The minimum Gasteiger partial charge on any atom is -0.358 e. The first-order valence-corrected chi connectivity index (χ1v) is 12.9. The van der Waals surface area contributed by atoms with Gasteiger partial charge in [-0.25, -0.2) is 12.7 Å². The molecule has 1 amide bonds. The van der Waals surface area contributed by atoms with E-state index in [-0.39, 0.29) is 28.9 Å². The second-order valence-electron chi connectivity index (χ2n) is 7.57. The van der Waals surface area contributed by atoms with E-state index in [1.54, 1.807) is 23.5 Å². The number of carbonyl (C=O) groups excluding carboxylic acids is 2. The Morgan fingerprint density at radius 1 is 1.23 bits per heavy atom. The fourth-order valence-corrected chi connectivity index (χ4v) is 5.77. The van der Waals surface area contributed by atoms with Crippen LogP contribution in [0.15, 0.2) is 39.8 Å². The number of anilines is 1. The fourth-order valence-electron chi connectivity index (χ4n) is 3.40.